The van der Waals surface area contributed by atoms with E-state index in [4.69, 9.17) is 14.9 Å². The first-order chi connectivity index (χ1) is 9.10. The normalized spacial score (nSPS) is 14.1. The molecular formula is C15H19NO2S. The smallest absolute Gasteiger partial charge is 0.119 e. The van der Waals surface area contributed by atoms with Gasteiger partial charge in [-0.25, -0.2) is 0 Å². The summed E-state index contributed by atoms with van der Waals surface area (Å²) in [6, 6.07) is 11.9. The summed E-state index contributed by atoms with van der Waals surface area (Å²) in [5.74, 6) is 2.68. The second kappa shape index (κ2) is 6.17. The summed E-state index contributed by atoms with van der Waals surface area (Å²) >= 11 is 1.69. The maximum Gasteiger partial charge on any atom is 0.119 e. The van der Waals surface area contributed by atoms with Crippen LogP contribution in [0.25, 0.3) is 0 Å². The zero-order valence-electron chi connectivity index (χ0n) is 11.4. The highest BCUT2D eigenvalue weighted by molar-refractivity contribution is 7.99. The molecule has 102 valence electrons. The molecule has 19 heavy (non-hydrogen) atoms. The number of benzene rings is 1. The van der Waals surface area contributed by atoms with Crippen LogP contribution in [0.1, 0.15) is 23.7 Å². The minimum atomic E-state index is 0.00162. The lowest BCUT2D eigenvalue weighted by Gasteiger charge is -2.18. The Morgan fingerprint density at radius 3 is 2.63 bits per heavy atom. The molecule has 0 aliphatic rings. The van der Waals surface area contributed by atoms with Gasteiger partial charge in [-0.05, 0) is 44.2 Å². The lowest BCUT2D eigenvalue weighted by molar-refractivity contribution is 0.413. The van der Waals surface area contributed by atoms with Gasteiger partial charge in [-0.2, -0.15) is 0 Å². The third-order valence-corrected chi connectivity index (χ3v) is 4.27. The average Bonchev–Trinajstić information content (AvgIpc) is 2.82. The van der Waals surface area contributed by atoms with E-state index < -0.39 is 0 Å². The predicted octanol–water partition coefficient (Wildman–Crippen LogP) is 3.78. The van der Waals surface area contributed by atoms with Crippen molar-refractivity contribution in [2.24, 2.45) is 5.73 Å². The second-order valence-electron chi connectivity index (χ2n) is 4.52. The van der Waals surface area contributed by atoms with Gasteiger partial charge < -0.3 is 14.9 Å². The molecule has 0 aliphatic carbocycles. The summed E-state index contributed by atoms with van der Waals surface area (Å²) in [5.41, 5.74) is 6.08. The van der Waals surface area contributed by atoms with E-state index in [0.717, 1.165) is 22.2 Å². The number of rotatable bonds is 5. The standard InChI is InChI=1S/C15H19NO2S/c1-10-7-8-14(18-10)15(11(2)16)19-13-6-4-5-12(9-13)17-3/h4-9,11,15H,16H2,1-3H3. The summed E-state index contributed by atoms with van der Waals surface area (Å²) in [4.78, 5) is 1.12. The van der Waals surface area contributed by atoms with Crippen LogP contribution < -0.4 is 10.5 Å². The molecule has 2 rings (SSSR count). The molecule has 2 unspecified atom stereocenters. The van der Waals surface area contributed by atoms with Gasteiger partial charge in [0.15, 0.2) is 0 Å². The number of thioether (sulfide) groups is 1. The van der Waals surface area contributed by atoms with Crippen LogP contribution in [0.15, 0.2) is 45.7 Å². The maximum atomic E-state index is 6.08. The Balaban J connectivity index is 2.21. The van der Waals surface area contributed by atoms with Gasteiger partial charge in [0, 0.05) is 10.9 Å². The Bertz CT molecular complexity index is 536. The molecule has 2 aromatic rings. The maximum absolute atomic E-state index is 6.08. The Morgan fingerprint density at radius 1 is 1.26 bits per heavy atom. The van der Waals surface area contributed by atoms with Crippen LogP contribution in [0.4, 0.5) is 0 Å². The third kappa shape index (κ3) is 3.55. The first-order valence-corrected chi connectivity index (χ1v) is 7.10. The molecule has 1 heterocycles. The molecule has 0 saturated heterocycles. The number of methoxy groups -OCH3 is 1. The minimum absolute atomic E-state index is 0.00162. The van der Waals surface area contributed by atoms with E-state index >= 15 is 0 Å². The summed E-state index contributed by atoms with van der Waals surface area (Å²) < 4.78 is 10.9. The van der Waals surface area contributed by atoms with Crippen molar-refractivity contribution < 1.29 is 9.15 Å². The van der Waals surface area contributed by atoms with Crippen LogP contribution in [0, 0.1) is 6.92 Å². The van der Waals surface area contributed by atoms with Gasteiger partial charge in [0.1, 0.15) is 17.3 Å². The van der Waals surface area contributed by atoms with E-state index in [9.17, 15) is 0 Å². The summed E-state index contributed by atoms with van der Waals surface area (Å²) in [6.45, 7) is 3.94. The van der Waals surface area contributed by atoms with E-state index in [1.54, 1.807) is 18.9 Å². The van der Waals surface area contributed by atoms with Gasteiger partial charge in [0.2, 0.25) is 0 Å². The molecule has 0 spiro atoms. The van der Waals surface area contributed by atoms with Gasteiger partial charge in [0.25, 0.3) is 0 Å². The zero-order chi connectivity index (χ0) is 13.8. The summed E-state index contributed by atoms with van der Waals surface area (Å²) in [5, 5.41) is 0.0980. The van der Waals surface area contributed by atoms with E-state index in [2.05, 4.69) is 6.07 Å². The van der Waals surface area contributed by atoms with Crippen molar-refractivity contribution in [3.8, 4) is 5.75 Å². The predicted molar refractivity (Wildman–Crippen MR) is 78.7 cm³/mol. The zero-order valence-corrected chi connectivity index (χ0v) is 12.2. The third-order valence-electron chi connectivity index (χ3n) is 2.82. The molecule has 0 radical (unpaired) electrons. The molecule has 0 bridgehead atoms. The highest BCUT2D eigenvalue weighted by Gasteiger charge is 2.21. The number of nitrogens with two attached hydrogens (primary N) is 1. The number of ether oxygens (including phenoxy) is 1. The van der Waals surface area contributed by atoms with Crippen molar-refractivity contribution in [3.05, 3.63) is 47.9 Å². The molecule has 0 amide bonds. The topological polar surface area (TPSA) is 48.4 Å². The van der Waals surface area contributed by atoms with E-state index in [1.165, 1.54) is 0 Å². The molecule has 4 heteroatoms. The summed E-state index contributed by atoms with van der Waals surface area (Å²) in [6.07, 6.45) is 0. The second-order valence-corrected chi connectivity index (χ2v) is 5.74. The molecule has 1 aromatic heterocycles. The number of hydrogen-bond acceptors (Lipinski definition) is 4. The van der Waals surface area contributed by atoms with Gasteiger partial charge in [-0.1, -0.05) is 6.07 Å². The average molecular weight is 277 g/mol. The van der Waals surface area contributed by atoms with Crippen molar-refractivity contribution in [2.75, 3.05) is 7.11 Å². The molecule has 0 saturated carbocycles. The molecule has 2 atom stereocenters. The SMILES string of the molecule is COc1cccc(SC(c2ccc(C)o2)C(C)N)c1. The lowest BCUT2D eigenvalue weighted by Crippen LogP contribution is -2.22. The van der Waals surface area contributed by atoms with Crippen molar-refractivity contribution in [3.63, 3.8) is 0 Å². The van der Waals surface area contributed by atoms with E-state index in [1.807, 2.05) is 44.2 Å². The minimum Gasteiger partial charge on any atom is -0.497 e. The first kappa shape index (κ1) is 14.0. The monoisotopic (exact) mass is 277 g/mol. The Morgan fingerprint density at radius 2 is 2.05 bits per heavy atom. The fraction of sp³-hybridized carbons (Fsp3) is 0.333. The fourth-order valence-electron chi connectivity index (χ4n) is 1.85. The summed E-state index contributed by atoms with van der Waals surface area (Å²) in [7, 11) is 1.67. The lowest BCUT2D eigenvalue weighted by atomic mass is 10.2. The molecule has 1 aromatic carbocycles. The van der Waals surface area contributed by atoms with E-state index in [-0.39, 0.29) is 11.3 Å². The van der Waals surface area contributed by atoms with Crippen LogP contribution in [-0.2, 0) is 0 Å². The molecule has 2 N–H and O–H groups in total. The van der Waals surface area contributed by atoms with Crippen molar-refractivity contribution in [2.45, 2.75) is 30.0 Å². The molecule has 3 nitrogen and oxygen atoms in total. The van der Waals surface area contributed by atoms with Crippen molar-refractivity contribution >= 4 is 11.8 Å². The fourth-order valence-corrected chi connectivity index (χ4v) is 2.94. The van der Waals surface area contributed by atoms with Crippen molar-refractivity contribution in [1.29, 1.82) is 0 Å². The van der Waals surface area contributed by atoms with Gasteiger partial charge in [-0.15, -0.1) is 11.8 Å². The quantitative estimate of drug-likeness (QED) is 0.845. The van der Waals surface area contributed by atoms with E-state index in [0.29, 0.717) is 0 Å². The van der Waals surface area contributed by atoms with Crippen molar-refractivity contribution in [1.82, 2.24) is 0 Å². The van der Waals surface area contributed by atoms with Gasteiger partial charge >= 0.3 is 0 Å². The highest BCUT2D eigenvalue weighted by atomic mass is 32.2. The largest absolute Gasteiger partial charge is 0.497 e. The first-order valence-electron chi connectivity index (χ1n) is 6.23. The Labute approximate surface area is 118 Å². The van der Waals surface area contributed by atoms with Crippen LogP contribution >= 0.6 is 11.8 Å². The highest BCUT2D eigenvalue weighted by Crippen LogP contribution is 2.38. The van der Waals surface area contributed by atoms with Gasteiger partial charge in [0.05, 0.1) is 12.4 Å². The Kier molecular flexibility index (Phi) is 4.56. The van der Waals surface area contributed by atoms with Crippen LogP contribution in [0.3, 0.4) is 0 Å². The Hall–Kier alpha value is -1.39. The van der Waals surface area contributed by atoms with Gasteiger partial charge in [-0.3, -0.25) is 0 Å². The molecule has 0 aliphatic heterocycles. The molecule has 0 fully saturated rings. The molecular weight excluding hydrogens is 258 g/mol. The van der Waals surface area contributed by atoms with Crippen LogP contribution in [0.5, 0.6) is 5.75 Å². The van der Waals surface area contributed by atoms with Crippen LogP contribution in [0.2, 0.25) is 0 Å². The van der Waals surface area contributed by atoms with Crippen LogP contribution in [-0.4, -0.2) is 13.2 Å². The number of furan rings is 1. The number of hydrogen-bond donors (Lipinski definition) is 1. The number of aryl methyl sites for hydroxylation is 1.